The third-order valence-electron chi connectivity index (χ3n) is 7.31. The zero-order valence-corrected chi connectivity index (χ0v) is 23.9. The normalized spacial score (nSPS) is 14.0. The molecule has 3 N–H and O–H groups in total. The van der Waals surface area contributed by atoms with Crippen molar-refractivity contribution >= 4 is 40.5 Å². The van der Waals surface area contributed by atoms with E-state index in [1.165, 1.54) is 17.5 Å². The standard InChI is InChI=1S/C32H34ClN5O3/c1-22-6-3-4-7-28(22)37-15-17-38(18-16-37)29-14-11-24(20-26(29)35-32(40)30-8-5-19-41-30)31(39)36-27(21-34-2)23-9-12-25(33)13-10-23/h3-14,19-20,27,34H,15-18,21H2,1-2H3,(H,35,40)(H,36,39)/t27-/m1/s1. The number of anilines is 3. The zero-order valence-electron chi connectivity index (χ0n) is 23.2. The second-order valence-electron chi connectivity index (χ2n) is 10.1. The molecule has 1 aliphatic rings. The van der Waals surface area contributed by atoms with Gasteiger partial charge >= 0.3 is 0 Å². The molecule has 41 heavy (non-hydrogen) atoms. The van der Waals surface area contributed by atoms with Crippen LogP contribution in [0.2, 0.25) is 5.02 Å². The Bertz CT molecular complexity index is 1480. The Morgan fingerprint density at radius 3 is 2.24 bits per heavy atom. The van der Waals surface area contributed by atoms with Gasteiger partial charge in [-0.3, -0.25) is 9.59 Å². The maximum absolute atomic E-state index is 13.4. The number of nitrogens with one attached hydrogen (secondary N) is 3. The molecule has 212 valence electrons. The van der Waals surface area contributed by atoms with Crippen LogP contribution in [0.15, 0.2) is 89.5 Å². The number of nitrogens with zero attached hydrogens (tertiary/aromatic N) is 2. The third-order valence-corrected chi connectivity index (χ3v) is 7.57. The second-order valence-corrected chi connectivity index (χ2v) is 10.5. The third kappa shape index (κ3) is 6.73. The van der Waals surface area contributed by atoms with Gasteiger partial charge in [-0.05, 0) is 73.6 Å². The average molecular weight is 572 g/mol. The molecule has 0 saturated carbocycles. The van der Waals surface area contributed by atoms with Crippen LogP contribution in [0.25, 0.3) is 0 Å². The number of amides is 2. The first-order valence-electron chi connectivity index (χ1n) is 13.7. The van der Waals surface area contributed by atoms with Crippen molar-refractivity contribution in [2.24, 2.45) is 0 Å². The van der Waals surface area contributed by atoms with Crippen LogP contribution in [0.1, 0.15) is 38.1 Å². The minimum absolute atomic E-state index is 0.201. The van der Waals surface area contributed by atoms with Crippen molar-refractivity contribution in [1.29, 1.82) is 0 Å². The van der Waals surface area contributed by atoms with E-state index >= 15 is 0 Å². The van der Waals surface area contributed by atoms with Crippen molar-refractivity contribution in [3.63, 3.8) is 0 Å². The molecule has 4 aromatic rings. The van der Waals surface area contributed by atoms with Crippen molar-refractivity contribution in [2.75, 3.05) is 54.9 Å². The van der Waals surface area contributed by atoms with Gasteiger partial charge in [0, 0.05) is 49.0 Å². The number of hydrogen-bond donors (Lipinski definition) is 3. The van der Waals surface area contributed by atoms with E-state index in [0.29, 0.717) is 22.8 Å². The molecule has 1 aromatic heterocycles. The summed E-state index contributed by atoms with van der Waals surface area (Å²) in [5.41, 5.74) is 5.28. The first-order valence-corrected chi connectivity index (χ1v) is 14.1. The van der Waals surface area contributed by atoms with Crippen LogP contribution in [0.4, 0.5) is 17.1 Å². The number of likely N-dealkylation sites (N-methyl/N-ethyl adjacent to an activating group) is 1. The smallest absolute Gasteiger partial charge is 0.291 e. The predicted molar refractivity (Wildman–Crippen MR) is 164 cm³/mol. The summed E-state index contributed by atoms with van der Waals surface area (Å²) in [6.45, 7) is 5.88. The van der Waals surface area contributed by atoms with Crippen molar-refractivity contribution in [1.82, 2.24) is 10.6 Å². The van der Waals surface area contributed by atoms with E-state index in [1.807, 2.05) is 37.4 Å². The van der Waals surface area contributed by atoms with Crippen LogP contribution < -0.4 is 25.8 Å². The summed E-state index contributed by atoms with van der Waals surface area (Å²) in [7, 11) is 1.84. The number of carbonyl (C=O) groups is 2. The summed E-state index contributed by atoms with van der Waals surface area (Å²) in [5, 5.41) is 9.86. The molecule has 0 radical (unpaired) electrons. The molecule has 5 rings (SSSR count). The fourth-order valence-electron chi connectivity index (χ4n) is 5.14. The SMILES string of the molecule is CNC[C@@H](NC(=O)c1ccc(N2CCN(c3ccccc3C)CC2)c(NC(=O)c2ccco2)c1)c1ccc(Cl)cc1. The summed E-state index contributed by atoms with van der Waals surface area (Å²) in [6, 6.07) is 24.3. The molecule has 2 heterocycles. The lowest BCUT2D eigenvalue weighted by atomic mass is 10.1. The lowest BCUT2D eigenvalue weighted by Gasteiger charge is -2.38. The molecule has 3 aromatic carbocycles. The highest BCUT2D eigenvalue weighted by molar-refractivity contribution is 6.30. The van der Waals surface area contributed by atoms with E-state index in [4.69, 9.17) is 16.0 Å². The molecule has 1 aliphatic heterocycles. The van der Waals surface area contributed by atoms with E-state index in [9.17, 15) is 9.59 Å². The predicted octanol–water partition coefficient (Wildman–Crippen LogP) is 5.51. The molecule has 2 amide bonds. The van der Waals surface area contributed by atoms with E-state index < -0.39 is 0 Å². The quantitative estimate of drug-likeness (QED) is 0.245. The van der Waals surface area contributed by atoms with Gasteiger partial charge < -0.3 is 30.2 Å². The Balaban J connectivity index is 1.38. The van der Waals surface area contributed by atoms with Gasteiger partial charge in [0.05, 0.1) is 23.7 Å². The van der Waals surface area contributed by atoms with E-state index in [2.05, 4.69) is 56.9 Å². The number of para-hydroxylation sites is 1. The van der Waals surface area contributed by atoms with Crippen molar-refractivity contribution in [3.05, 3.63) is 113 Å². The molecular weight excluding hydrogens is 538 g/mol. The Kier molecular flexibility index (Phi) is 8.91. The molecule has 0 spiro atoms. The highest BCUT2D eigenvalue weighted by Gasteiger charge is 2.23. The average Bonchev–Trinajstić information content (AvgIpc) is 3.53. The van der Waals surface area contributed by atoms with Crippen molar-refractivity contribution in [2.45, 2.75) is 13.0 Å². The minimum Gasteiger partial charge on any atom is -0.459 e. The van der Waals surface area contributed by atoms with Crippen LogP contribution in [-0.4, -0.2) is 51.6 Å². The summed E-state index contributed by atoms with van der Waals surface area (Å²) in [5.74, 6) is -0.418. The molecular formula is C32H34ClN5O3. The number of rotatable bonds is 9. The summed E-state index contributed by atoms with van der Waals surface area (Å²) in [4.78, 5) is 31.1. The first kappa shape index (κ1) is 28.3. The highest BCUT2D eigenvalue weighted by Crippen LogP contribution is 2.31. The number of furan rings is 1. The van der Waals surface area contributed by atoms with Gasteiger partial charge in [0.1, 0.15) is 0 Å². The van der Waals surface area contributed by atoms with E-state index in [0.717, 1.165) is 37.4 Å². The second kappa shape index (κ2) is 12.9. The lowest BCUT2D eigenvalue weighted by Crippen LogP contribution is -2.47. The zero-order chi connectivity index (χ0) is 28.8. The fraction of sp³-hybridized carbons (Fsp3) is 0.250. The van der Waals surface area contributed by atoms with Crippen LogP contribution >= 0.6 is 11.6 Å². The van der Waals surface area contributed by atoms with Crippen molar-refractivity contribution < 1.29 is 14.0 Å². The van der Waals surface area contributed by atoms with Crippen LogP contribution in [-0.2, 0) is 0 Å². The first-order chi connectivity index (χ1) is 19.9. The molecule has 9 heteroatoms. The fourth-order valence-corrected chi connectivity index (χ4v) is 5.27. The molecule has 1 saturated heterocycles. The molecule has 0 bridgehead atoms. The van der Waals surface area contributed by atoms with E-state index in [-0.39, 0.29) is 23.6 Å². The monoisotopic (exact) mass is 571 g/mol. The Hall–Kier alpha value is -4.27. The lowest BCUT2D eigenvalue weighted by molar-refractivity contribution is 0.0935. The van der Waals surface area contributed by atoms with Gasteiger partial charge in [0.2, 0.25) is 0 Å². The largest absolute Gasteiger partial charge is 0.459 e. The molecule has 1 fully saturated rings. The number of piperazine rings is 1. The van der Waals surface area contributed by atoms with Gasteiger partial charge in [-0.15, -0.1) is 0 Å². The maximum Gasteiger partial charge on any atom is 0.291 e. The van der Waals surface area contributed by atoms with Gasteiger partial charge in [-0.25, -0.2) is 0 Å². The van der Waals surface area contributed by atoms with Crippen LogP contribution in [0.3, 0.4) is 0 Å². The van der Waals surface area contributed by atoms with E-state index in [1.54, 1.807) is 24.3 Å². The van der Waals surface area contributed by atoms with Crippen LogP contribution in [0.5, 0.6) is 0 Å². The van der Waals surface area contributed by atoms with Gasteiger partial charge in [-0.1, -0.05) is 41.9 Å². The Labute approximate surface area is 245 Å². The molecule has 1 atom stereocenters. The molecule has 0 unspecified atom stereocenters. The summed E-state index contributed by atoms with van der Waals surface area (Å²) in [6.07, 6.45) is 1.46. The number of aryl methyl sites for hydroxylation is 1. The van der Waals surface area contributed by atoms with Gasteiger partial charge in [0.25, 0.3) is 11.8 Å². The number of hydrogen-bond acceptors (Lipinski definition) is 6. The van der Waals surface area contributed by atoms with Crippen LogP contribution in [0, 0.1) is 6.92 Å². The molecule has 0 aliphatic carbocycles. The van der Waals surface area contributed by atoms with Gasteiger partial charge in [0.15, 0.2) is 5.76 Å². The molecule has 8 nitrogen and oxygen atoms in total. The summed E-state index contributed by atoms with van der Waals surface area (Å²) < 4.78 is 5.31. The minimum atomic E-state index is -0.374. The maximum atomic E-state index is 13.4. The van der Waals surface area contributed by atoms with Crippen molar-refractivity contribution in [3.8, 4) is 0 Å². The summed E-state index contributed by atoms with van der Waals surface area (Å²) >= 11 is 6.07. The number of halogens is 1. The topological polar surface area (TPSA) is 89.9 Å². The Morgan fingerprint density at radius 1 is 0.878 bits per heavy atom. The van der Waals surface area contributed by atoms with Gasteiger partial charge in [-0.2, -0.15) is 0 Å². The number of carbonyl (C=O) groups excluding carboxylic acids is 2. The highest BCUT2D eigenvalue weighted by atomic mass is 35.5. The number of benzene rings is 3. The Morgan fingerprint density at radius 2 is 1.59 bits per heavy atom.